The molecule has 8 nitrogen and oxygen atoms in total. The van der Waals surface area contributed by atoms with Crippen molar-refractivity contribution in [3.8, 4) is 11.5 Å². The zero-order chi connectivity index (χ0) is 29.6. The molecule has 10 heteroatoms. The van der Waals surface area contributed by atoms with Gasteiger partial charge in [-0.2, -0.15) is 4.31 Å². The number of para-hydroxylation sites is 1. The van der Waals surface area contributed by atoms with Gasteiger partial charge in [-0.05, 0) is 55.0 Å². The second-order valence-electron chi connectivity index (χ2n) is 10.1. The minimum atomic E-state index is -4.09. The van der Waals surface area contributed by atoms with E-state index < -0.39 is 28.1 Å². The fraction of sp³-hybridized carbons (Fsp3) is 0.387. The number of rotatable bonds is 12. The Hall–Kier alpha value is -3.21. The Morgan fingerprint density at radius 3 is 2.37 bits per heavy atom. The highest BCUT2D eigenvalue weighted by atomic mass is 32.2. The van der Waals surface area contributed by atoms with E-state index in [1.165, 1.54) is 17.8 Å². The lowest BCUT2D eigenvalue weighted by Gasteiger charge is -2.43. The first-order valence-electron chi connectivity index (χ1n) is 13.7. The highest BCUT2D eigenvalue weighted by Gasteiger charge is 2.48. The maximum Gasteiger partial charge on any atom is 0.341 e. The van der Waals surface area contributed by atoms with Gasteiger partial charge in [0.25, 0.3) is 0 Å². The van der Waals surface area contributed by atoms with E-state index >= 15 is 0 Å². The van der Waals surface area contributed by atoms with Crippen LogP contribution < -0.4 is 14.4 Å². The molecule has 0 aliphatic carbocycles. The number of ether oxygens (including phenoxy) is 2. The summed E-state index contributed by atoms with van der Waals surface area (Å²) in [5.41, 5.74) is 1.57. The summed E-state index contributed by atoms with van der Waals surface area (Å²) in [6.45, 7) is 4.24. The van der Waals surface area contributed by atoms with Crippen molar-refractivity contribution in [3.05, 3.63) is 72.3 Å². The van der Waals surface area contributed by atoms with E-state index in [-0.39, 0.29) is 17.2 Å². The Balaban J connectivity index is 1.99. The molecule has 0 amide bonds. The summed E-state index contributed by atoms with van der Waals surface area (Å²) in [6.07, 6.45) is 4.95. The zero-order valence-corrected chi connectivity index (χ0v) is 25.6. The Morgan fingerprint density at radius 2 is 1.78 bits per heavy atom. The van der Waals surface area contributed by atoms with Crippen molar-refractivity contribution in [2.24, 2.45) is 0 Å². The summed E-state index contributed by atoms with van der Waals surface area (Å²) >= 11 is 1.39. The molecule has 41 heavy (non-hydrogen) atoms. The number of unbranched alkanes of at least 4 members (excludes halogenated alkanes) is 1. The predicted molar refractivity (Wildman–Crippen MR) is 163 cm³/mol. The molecular weight excluding hydrogens is 560 g/mol. The van der Waals surface area contributed by atoms with Gasteiger partial charge in [0, 0.05) is 24.8 Å². The number of nitrogens with zero attached hydrogens (tertiary/aromatic N) is 2. The second kappa shape index (κ2) is 13.2. The molecule has 1 aliphatic heterocycles. The lowest BCUT2D eigenvalue weighted by atomic mass is 9.88. The summed E-state index contributed by atoms with van der Waals surface area (Å²) in [6, 6.07) is 20.6. The van der Waals surface area contributed by atoms with Crippen LogP contribution in [0.1, 0.15) is 45.1 Å². The van der Waals surface area contributed by atoms with E-state index in [4.69, 9.17) is 9.47 Å². The van der Waals surface area contributed by atoms with Gasteiger partial charge in [-0.15, -0.1) is 11.8 Å². The first kappa shape index (κ1) is 30.7. The highest BCUT2D eigenvalue weighted by Crippen LogP contribution is 2.47. The summed E-state index contributed by atoms with van der Waals surface area (Å²) in [4.78, 5) is 14.2. The topological polar surface area (TPSA) is 96.4 Å². The molecule has 4 rings (SSSR count). The van der Waals surface area contributed by atoms with Crippen molar-refractivity contribution in [1.82, 2.24) is 4.31 Å². The van der Waals surface area contributed by atoms with E-state index in [0.29, 0.717) is 35.7 Å². The van der Waals surface area contributed by atoms with Crippen molar-refractivity contribution >= 4 is 39.1 Å². The highest BCUT2D eigenvalue weighted by molar-refractivity contribution is 7.98. The van der Waals surface area contributed by atoms with Crippen LogP contribution in [0.25, 0.3) is 0 Å². The van der Waals surface area contributed by atoms with E-state index in [0.717, 1.165) is 24.1 Å². The normalized spacial score (nSPS) is 18.4. The van der Waals surface area contributed by atoms with E-state index in [1.54, 1.807) is 11.4 Å². The average molecular weight is 599 g/mol. The molecule has 0 spiro atoms. The number of carbonyl (C=O) groups is 1. The van der Waals surface area contributed by atoms with Crippen LogP contribution in [0.3, 0.4) is 0 Å². The van der Waals surface area contributed by atoms with Crippen molar-refractivity contribution in [2.75, 3.05) is 31.4 Å². The molecule has 1 atom stereocenters. The lowest BCUT2D eigenvalue weighted by molar-refractivity contribution is -0.139. The molecular formula is C31H38N2O6S2. The zero-order valence-electron chi connectivity index (χ0n) is 24.0. The van der Waals surface area contributed by atoms with Crippen molar-refractivity contribution in [1.29, 1.82) is 0 Å². The van der Waals surface area contributed by atoms with Crippen LogP contribution in [-0.4, -0.2) is 55.9 Å². The fourth-order valence-electron chi connectivity index (χ4n) is 5.35. The van der Waals surface area contributed by atoms with Crippen LogP contribution in [0, 0.1) is 0 Å². The van der Waals surface area contributed by atoms with Gasteiger partial charge in [0.2, 0.25) is 10.0 Å². The van der Waals surface area contributed by atoms with Gasteiger partial charge in [-0.25, -0.2) is 13.2 Å². The summed E-state index contributed by atoms with van der Waals surface area (Å²) < 4.78 is 42.3. The number of methoxy groups -OCH3 is 1. The lowest BCUT2D eigenvalue weighted by Crippen LogP contribution is -2.54. The van der Waals surface area contributed by atoms with Crippen LogP contribution in [0.4, 0.5) is 11.4 Å². The molecule has 1 heterocycles. The van der Waals surface area contributed by atoms with E-state index in [2.05, 4.69) is 18.7 Å². The third kappa shape index (κ3) is 6.50. The smallest absolute Gasteiger partial charge is 0.341 e. The van der Waals surface area contributed by atoms with Gasteiger partial charge < -0.3 is 19.5 Å². The third-order valence-electron chi connectivity index (χ3n) is 7.64. The first-order valence-corrected chi connectivity index (χ1v) is 16.4. The summed E-state index contributed by atoms with van der Waals surface area (Å²) in [5, 5.41) is 9.27. The fourth-order valence-corrected chi connectivity index (χ4v) is 7.94. The number of hydrogen-bond donors (Lipinski definition) is 1. The Kier molecular flexibility index (Phi) is 9.88. The third-order valence-corrected chi connectivity index (χ3v) is 10.4. The Bertz CT molecular complexity index is 1450. The molecule has 0 fully saturated rings. The number of carboxylic acids is 1. The molecule has 220 valence electrons. The van der Waals surface area contributed by atoms with Crippen molar-refractivity contribution in [3.63, 3.8) is 0 Å². The number of sulfonamides is 1. The van der Waals surface area contributed by atoms with Gasteiger partial charge in [0.05, 0.1) is 23.2 Å². The predicted octanol–water partition coefficient (Wildman–Crippen LogP) is 6.56. The first-order chi connectivity index (χ1) is 19.7. The minimum Gasteiger partial charge on any atom is -0.497 e. The van der Waals surface area contributed by atoms with Gasteiger partial charge >= 0.3 is 5.97 Å². The average Bonchev–Trinajstić information content (AvgIpc) is 3.06. The largest absolute Gasteiger partial charge is 0.497 e. The summed E-state index contributed by atoms with van der Waals surface area (Å²) in [7, 11) is -2.49. The van der Waals surface area contributed by atoms with Crippen LogP contribution in [0.15, 0.2) is 76.5 Å². The molecule has 3 aromatic carbocycles. The molecule has 0 unspecified atom stereocenters. The number of benzene rings is 3. The molecule has 0 aromatic heterocycles. The van der Waals surface area contributed by atoms with E-state index in [1.807, 2.05) is 66.9 Å². The van der Waals surface area contributed by atoms with Gasteiger partial charge in [0.1, 0.15) is 16.4 Å². The van der Waals surface area contributed by atoms with Gasteiger partial charge in [0.15, 0.2) is 6.61 Å². The monoisotopic (exact) mass is 598 g/mol. The molecule has 3 aromatic rings. The molecule has 0 saturated heterocycles. The van der Waals surface area contributed by atoms with Crippen LogP contribution in [-0.2, 0) is 21.4 Å². The van der Waals surface area contributed by atoms with Crippen molar-refractivity contribution < 1.29 is 27.8 Å². The van der Waals surface area contributed by atoms with Crippen LogP contribution in [0.5, 0.6) is 11.5 Å². The number of hydrogen-bond acceptors (Lipinski definition) is 7. The van der Waals surface area contributed by atoms with Gasteiger partial charge in [-0.1, -0.05) is 57.0 Å². The second-order valence-corrected chi connectivity index (χ2v) is 12.8. The van der Waals surface area contributed by atoms with Crippen LogP contribution >= 0.6 is 11.8 Å². The maximum atomic E-state index is 14.9. The molecule has 0 saturated carbocycles. The molecule has 1 N–H and O–H groups in total. The number of thioether (sulfide) groups is 1. The van der Waals surface area contributed by atoms with E-state index in [9.17, 15) is 18.3 Å². The Labute approximate surface area is 247 Å². The molecule has 0 bridgehead atoms. The number of aliphatic carboxylic acids is 1. The minimum absolute atomic E-state index is 0.0971. The molecule has 1 aliphatic rings. The summed E-state index contributed by atoms with van der Waals surface area (Å²) in [5.74, 6) is -0.200. The van der Waals surface area contributed by atoms with Crippen LogP contribution in [0.2, 0.25) is 0 Å². The van der Waals surface area contributed by atoms with Crippen molar-refractivity contribution in [2.45, 2.75) is 61.4 Å². The standard InChI is InChI=1S/C31H38N2O6S2/c1-5-7-17-31(6-2)22-32(24-11-9-8-10-12-24)26-18-28(40-4)27(39-21-30(34)35)19-29(26)41(36,37)33(31)20-23-13-15-25(38-3)16-14-23/h8-16,18-19H,5-7,17,20-22H2,1-4H3,(H,34,35)/t31-/m0/s1. The number of fused-ring (bicyclic) bond motifs is 1. The molecule has 0 radical (unpaired) electrons. The number of carboxylic acid groups (broad SMARTS) is 1. The quantitative estimate of drug-likeness (QED) is 0.234. The maximum absolute atomic E-state index is 14.9. The number of anilines is 2. The van der Waals surface area contributed by atoms with Gasteiger partial charge in [-0.3, -0.25) is 0 Å². The Morgan fingerprint density at radius 1 is 1.07 bits per heavy atom. The SMILES string of the molecule is CCCC[C@@]1(CC)CN(c2ccccc2)c2cc(SC)c(OCC(=O)O)cc2S(=O)(=O)N1Cc1ccc(OC)cc1.